The van der Waals surface area contributed by atoms with Crippen LogP contribution in [0.2, 0.25) is 0 Å². The Bertz CT molecular complexity index is 1210. The minimum absolute atomic E-state index is 0.0294. The SMILES string of the molecule is O=C1Nc2ccc(C#CCc3ccccc3)cc2S(=O)(=O)N1Cc1ccccc1. The second kappa shape index (κ2) is 7.82. The van der Waals surface area contributed by atoms with E-state index >= 15 is 0 Å². The highest BCUT2D eigenvalue weighted by Gasteiger charge is 2.36. The molecule has 0 aliphatic carbocycles. The lowest BCUT2D eigenvalue weighted by atomic mass is 10.1. The number of amides is 2. The molecule has 3 aromatic rings. The first-order valence-corrected chi connectivity index (χ1v) is 10.5. The Hall–Kier alpha value is -3.56. The smallest absolute Gasteiger partial charge is 0.306 e. The van der Waals surface area contributed by atoms with E-state index in [9.17, 15) is 13.2 Å². The van der Waals surface area contributed by atoms with Gasteiger partial charge in [-0.3, -0.25) is 0 Å². The Morgan fingerprint density at radius 2 is 1.52 bits per heavy atom. The van der Waals surface area contributed by atoms with Gasteiger partial charge in [0.15, 0.2) is 0 Å². The highest BCUT2D eigenvalue weighted by atomic mass is 32.2. The fourth-order valence-corrected chi connectivity index (χ4v) is 4.57. The van der Waals surface area contributed by atoms with E-state index in [-0.39, 0.29) is 17.1 Å². The zero-order valence-corrected chi connectivity index (χ0v) is 16.3. The molecule has 29 heavy (non-hydrogen) atoms. The van der Waals surface area contributed by atoms with E-state index in [1.54, 1.807) is 36.4 Å². The van der Waals surface area contributed by atoms with E-state index in [1.165, 1.54) is 6.07 Å². The minimum Gasteiger partial charge on any atom is -0.306 e. The Morgan fingerprint density at radius 3 is 2.21 bits per heavy atom. The fourth-order valence-electron chi connectivity index (χ4n) is 3.07. The third-order valence-corrected chi connectivity index (χ3v) is 6.32. The number of carbonyl (C=O) groups is 1. The Balaban J connectivity index is 1.62. The van der Waals surface area contributed by atoms with Crippen LogP contribution in [0.3, 0.4) is 0 Å². The number of nitrogens with zero attached hydrogens (tertiary/aromatic N) is 1. The summed E-state index contributed by atoms with van der Waals surface area (Å²) in [4.78, 5) is 12.5. The number of hydrogen-bond acceptors (Lipinski definition) is 3. The van der Waals surface area contributed by atoms with Gasteiger partial charge in [-0.25, -0.2) is 17.5 Å². The molecular formula is C23H18N2O3S. The van der Waals surface area contributed by atoms with Gasteiger partial charge in [-0.15, -0.1) is 0 Å². The molecule has 0 bridgehead atoms. The Morgan fingerprint density at radius 1 is 0.862 bits per heavy atom. The van der Waals surface area contributed by atoms with Crippen molar-refractivity contribution < 1.29 is 13.2 Å². The second-order valence-electron chi connectivity index (χ2n) is 6.60. The summed E-state index contributed by atoms with van der Waals surface area (Å²) in [6.07, 6.45) is 0.571. The van der Waals surface area contributed by atoms with E-state index in [2.05, 4.69) is 17.2 Å². The van der Waals surface area contributed by atoms with Crippen LogP contribution in [0.5, 0.6) is 0 Å². The minimum atomic E-state index is -3.98. The van der Waals surface area contributed by atoms with Gasteiger partial charge in [0.1, 0.15) is 4.90 Å². The maximum absolute atomic E-state index is 13.1. The highest BCUT2D eigenvalue weighted by molar-refractivity contribution is 7.90. The molecule has 0 saturated heterocycles. The summed E-state index contributed by atoms with van der Waals surface area (Å²) in [5.74, 6) is 6.08. The third-order valence-electron chi connectivity index (χ3n) is 4.55. The predicted molar refractivity (Wildman–Crippen MR) is 112 cm³/mol. The highest BCUT2D eigenvalue weighted by Crippen LogP contribution is 2.31. The maximum atomic E-state index is 13.1. The number of sulfonamides is 1. The lowest BCUT2D eigenvalue weighted by molar-refractivity contribution is 0.233. The quantitative estimate of drug-likeness (QED) is 0.673. The number of nitrogens with one attached hydrogen (secondary N) is 1. The van der Waals surface area contributed by atoms with Gasteiger partial charge in [0.25, 0.3) is 10.0 Å². The first-order chi connectivity index (χ1) is 14.0. The number of fused-ring (bicyclic) bond motifs is 1. The molecule has 5 nitrogen and oxygen atoms in total. The van der Waals surface area contributed by atoms with E-state index in [1.807, 2.05) is 36.4 Å². The number of carbonyl (C=O) groups excluding carboxylic acids is 1. The van der Waals surface area contributed by atoms with Crippen LogP contribution in [0, 0.1) is 11.8 Å². The second-order valence-corrected chi connectivity index (χ2v) is 8.43. The average Bonchev–Trinajstić information content (AvgIpc) is 2.73. The van der Waals surface area contributed by atoms with Crippen molar-refractivity contribution in [3.63, 3.8) is 0 Å². The van der Waals surface area contributed by atoms with Crippen molar-refractivity contribution in [2.75, 3.05) is 5.32 Å². The topological polar surface area (TPSA) is 66.5 Å². The lowest BCUT2D eigenvalue weighted by Gasteiger charge is -2.29. The van der Waals surface area contributed by atoms with Crippen LogP contribution in [0.1, 0.15) is 16.7 Å². The van der Waals surface area contributed by atoms with Gasteiger partial charge in [-0.2, -0.15) is 0 Å². The van der Waals surface area contributed by atoms with E-state index < -0.39 is 16.1 Å². The van der Waals surface area contributed by atoms with Gasteiger partial charge >= 0.3 is 6.03 Å². The summed E-state index contributed by atoms with van der Waals surface area (Å²) in [6, 6.07) is 23.0. The van der Waals surface area contributed by atoms with Crippen molar-refractivity contribution in [2.24, 2.45) is 0 Å². The third kappa shape index (κ3) is 4.00. The molecular weight excluding hydrogens is 384 g/mol. The molecule has 1 aliphatic rings. The summed E-state index contributed by atoms with van der Waals surface area (Å²) in [6.45, 7) is -0.0294. The molecule has 0 aromatic heterocycles. The van der Waals surface area contributed by atoms with E-state index in [4.69, 9.17) is 0 Å². The zero-order valence-electron chi connectivity index (χ0n) is 15.5. The largest absolute Gasteiger partial charge is 0.336 e. The van der Waals surface area contributed by atoms with Gasteiger partial charge in [0, 0.05) is 12.0 Å². The molecule has 1 aliphatic heterocycles. The van der Waals surface area contributed by atoms with Crippen LogP contribution >= 0.6 is 0 Å². The van der Waals surface area contributed by atoms with Gasteiger partial charge in [0.05, 0.1) is 12.2 Å². The molecule has 0 radical (unpaired) electrons. The number of anilines is 1. The summed E-state index contributed by atoms with van der Waals surface area (Å²) in [5, 5.41) is 2.65. The van der Waals surface area contributed by atoms with Crippen LogP contribution < -0.4 is 5.32 Å². The molecule has 1 N–H and O–H groups in total. The predicted octanol–water partition coefficient (Wildman–Crippen LogP) is 4.02. The molecule has 4 rings (SSSR count). The first kappa shape index (κ1) is 18.8. The number of rotatable bonds is 3. The molecule has 0 saturated carbocycles. The number of urea groups is 1. The van der Waals surface area contributed by atoms with Gasteiger partial charge in [-0.05, 0) is 29.3 Å². The molecule has 3 aromatic carbocycles. The fraction of sp³-hybridized carbons (Fsp3) is 0.0870. The van der Waals surface area contributed by atoms with Crippen LogP contribution in [0.25, 0.3) is 0 Å². The van der Waals surface area contributed by atoms with E-state index in [0.29, 0.717) is 12.0 Å². The molecule has 0 fully saturated rings. The van der Waals surface area contributed by atoms with E-state index in [0.717, 1.165) is 15.4 Å². The molecule has 1 heterocycles. The van der Waals surface area contributed by atoms with Crippen molar-refractivity contribution in [1.29, 1.82) is 0 Å². The number of hydrogen-bond donors (Lipinski definition) is 1. The zero-order chi connectivity index (χ0) is 20.3. The Labute approximate surface area is 170 Å². The average molecular weight is 402 g/mol. The standard InChI is InChI=1S/C23H18N2O3S/c26-23-24-21-15-14-19(13-7-12-18-8-3-1-4-9-18)16-22(21)29(27,28)25(23)17-20-10-5-2-6-11-20/h1-6,8-11,14-16H,12,17H2,(H,24,26). The van der Waals surface area contributed by atoms with Gasteiger partial charge in [-0.1, -0.05) is 72.5 Å². The molecule has 0 unspecified atom stereocenters. The summed E-state index contributed by atoms with van der Waals surface area (Å²) in [7, 11) is -3.98. The monoisotopic (exact) mass is 402 g/mol. The van der Waals surface area contributed by atoms with Crippen molar-refractivity contribution in [1.82, 2.24) is 4.31 Å². The van der Waals surface area contributed by atoms with Crippen LogP contribution in [-0.4, -0.2) is 18.8 Å². The summed E-state index contributed by atoms with van der Waals surface area (Å²) in [5.41, 5.74) is 2.67. The number of benzene rings is 3. The van der Waals surface area contributed by atoms with Crippen LogP contribution in [0.15, 0.2) is 83.8 Å². The van der Waals surface area contributed by atoms with Crippen molar-refractivity contribution in [2.45, 2.75) is 17.9 Å². The normalized spacial score (nSPS) is 14.3. The van der Waals surface area contributed by atoms with Crippen molar-refractivity contribution >= 4 is 21.7 Å². The molecule has 144 valence electrons. The first-order valence-electron chi connectivity index (χ1n) is 9.08. The van der Waals surface area contributed by atoms with Gasteiger partial charge in [0.2, 0.25) is 0 Å². The lowest BCUT2D eigenvalue weighted by Crippen LogP contribution is -2.43. The Kier molecular flexibility index (Phi) is 5.07. The molecule has 0 atom stereocenters. The van der Waals surface area contributed by atoms with Crippen LogP contribution in [0.4, 0.5) is 10.5 Å². The molecule has 6 heteroatoms. The summed E-state index contributed by atoms with van der Waals surface area (Å²) >= 11 is 0. The molecule has 0 spiro atoms. The van der Waals surface area contributed by atoms with Gasteiger partial charge < -0.3 is 5.32 Å². The van der Waals surface area contributed by atoms with Crippen molar-refractivity contribution in [3.8, 4) is 11.8 Å². The molecule has 2 amide bonds. The van der Waals surface area contributed by atoms with Crippen molar-refractivity contribution in [3.05, 3.63) is 95.6 Å². The maximum Gasteiger partial charge on any atom is 0.336 e. The summed E-state index contributed by atoms with van der Waals surface area (Å²) < 4.78 is 27.0. The van der Waals surface area contributed by atoms with Crippen LogP contribution in [-0.2, 0) is 23.0 Å².